The van der Waals surface area contributed by atoms with Gasteiger partial charge in [0.1, 0.15) is 12.4 Å². The highest BCUT2D eigenvalue weighted by Gasteiger charge is 2.62. The summed E-state index contributed by atoms with van der Waals surface area (Å²) in [5.74, 6) is -8.31. The molecule has 0 saturated carbocycles. The molecule has 0 unspecified atom stereocenters. The van der Waals surface area contributed by atoms with Crippen LogP contribution in [0.15, 0.2) is 48.5 Å². The van der Waals surface area contributed by atoms with Crippen molar-refractivity contribution in [2.45, 2.75) is 51.3 Å². The molecule has 0 aliphatic heterocycles. The molecule has 4 aromatic rings. The van der Waals surface area contributed by atoms with Gasteiger partial charge in [-0.1, -0.05) is 66.7 Å². The van der Waals surface area contributed by atoms with Gasteiger partial charge in [-0.3, -0.25) is 4.79 Å². The molecule has 0 atom stereocenters. The molecule has 0 bridgehead atoms. The van der Waals surface area contributed by atoms with Crippen LogP contribution in [0.2, 0.25) is 0 Å². The number of hydrogen-bond acceptors (Lipinski definition) is 9. The second-order valence-corrected chi connectivity index (χ2v) is 9.64. The van der Waals surface area contributed by atoms with E-state index in [0.717, 1.165) is 4.57 Å². The van der Waals surface area contributed by atoms with Crippen LogP contribution in [0.3, 0.4) is 0 Å². The standard InChI is InChI=1S/C27H24F5N7O6/c1-2-3-8-20-33-23(26(28,29)27(30,31)32)22(25(41)42)37(20)15-16-9-11-17(12-10-16)18-6-4-5-7-19(18)24-34-36-38(35-24)21(40)13-14-45-39(43)44/h4-7,9-12H,2-3,8,13-15H2,1H3,(H,41,42). The number of rotatable bonds is 13. The van der Waals surface area contributed by atoms with Crippen LogP contribution in [0, 0.1) is 10.1 Å². The first-order chi connectivity index (χ1) is 21.2. The fourth-order valence-electron chi connectivity index (χ4n) is 4.40. The molecule has 45 heavy (non-hydrogen) atoms. The summed E-state index contributed by atoms with van der Waals surface area (Å²) in [6.45, 7) is 0.933. The normalized spacial score (nSPS) is 11.9. The summed E-state index contributed by atoms with van der Waals surface area (Å²) >= 11 is 0. The number of nitrogens with zero attached hydrogens (tertiary/aromatic N) is 7. The topological polar surface area (TPSA) is 168 Å². The van der Waals surface area contributed by atoms with Crippen molar-refractivity contribution in [1.82, 2.24) is 29.8 Å². The number of carbonyl (C=O) groups excluding carboxylic acids is 1. The first-order valence-corrected chi connectivity index (χ1v) is 13.3. The Morgan fingerprint density at radius 2 is 1.71 bits per heavy atom. The Hall–Kier alpha value is -5.29. The summed E-state index contributed by atoms with van der Waals surface area (Å²) in [4.78, 5) is 42.8. The molecule has 0 saturated heterocycles. The Morgan fingerprint density at radius 1 is 1.04 bits per heavy atom. The average Bonchev–Trinajstić information content (AvgIpc) is 3.62. The lowest BCUT2D eigenvalue weighted by molar-refractivity contribution is -0.757. The van der Waals surface area contributed by atoms with E-state index in [1.807, 2.05) is 0 Å². The summed E-state index contributed by atoms with van der Waals surface area (Å²) in [7, 11) is 0. The number of aryl methyl sites for hydroxylation is 1. The summed E-state index contributed by atoms with van der Waals surface area (Å²) < 4.78 is 69.2. The number of carboxylic acid groups (broad SMARTS) is 1. The third-order valence-corrected chi connectivity index (χ3v) is 6.58. The zero-order valence-corrected chi connectivity index (χ0v) is 23.4. The minimum atomic E-state index is -6.05. The van der Waals surface area contributed by atoms with Gasteiger partial charge in [0.25, 0.3) is 11.0 Å². The molecule has 0 aliphatic rings. The van der Waals surface area contributed by atoms with Crippen LogP contribution in [0.5, 0.6) is 0 Å². The van der Waals surface area contributed by atoms with E-state index in [-0.39, 0.29) is 31.0 Å². The monoisotopic (exact) mass is 637 g/mol. The number of aromatic nitrogens is 6. The van der Waals surface area contributed by atoms with E-state index in [9.17, 15) is 46.8 Å². The van der Waals surface area contributed by atoms with E-state index in [1.54, 1.807) is 55.5 Å². The molecule has 13 nitrogen and oxygen atoms in total. The quantitative estimate of drug-likeness (QED) is 0.117. The highest BCUT2D eigenvalue weighted by molar-refractivity contribution is 5.88. The predicted molar refractivity (Wildman–Crippen MR) is 144 cm³/mol. The molecule has 238 valence electrons. The molecule has 0 radical (unpaired) electrons. The number of imidazole rings is 1. The minimum Gasteiger partial charge on any atom is -0.477 e. The summed E-state index contributed by atoms with van der Waals surface area (Å²) in [6.07, 6.45) is -5.52. The van der Waals surface area contributed by atoms with Gasteiger partial charge in [0.15, 0.2) is 11.4 Å². The number of tetrazole rings is 1. The van der Waals surface area contributed by atoms with Crippen molar-refractivity contribution in [2.75, 3.05) is 6.61 Å². The fraction of sp³-hybridized carbons (Fsp3) is 0.333. The first-order valence-electron chi connectivity index (χ1n) is 13.3. The maximum atomic E-state index is 14.4. The van der Waals surface area contributed by atoms with Crippen molar-refractivity contribution in [2.24, 2.45) is 0 Å². The highest BCUT2D eigenvalue weighted by Crippen LogP contribution is 2.45. The lowest BCUT2D eigenvalue weighted by atomic mass is 9.98. The SMILES string of the molecule is CCCCc1nc(C(F)(F)C(F)(F)F)c(C(=O)O)n1Cc1ccc(-c2ccccc2-c2nnn(C(=O)CCO[N+](=O)[O-])n2)cc1. The lowest BCUT2D eigenvalue weighted by Crippen LogP contribution is -2.35. The molecule has 2 aromatic carbocycles. The molecule has 2 aromatic heterocycles. The van der Waals surface area contributed by atoms with Crippen LogP contribution in [0.1, 0.15) is 58.6 Å². The van der Waals surface area contributed by atoms with Crippen molar-refractivity contribution in [3.8, 4) is 22.5 Å². The Bertz CT molecular complexity index is 1700. The van der Waals surface area contributed by atoms with Gasteiger partial charge in [0.2, 0.25) is 5.82 Å². The largest absolute Gasteiger partial charge is 0.477 e. The van der Waals surface area contributed by atoms with Gasteiger partial charge in [0, 0.05) is 18.5 Å². The molecule has 18 heteroatoms. The third-order valence-electron chi connectivity index (χ3n) is 6.58. The Morgan fingerprint density at radius 3 is 2.31 bits per heavy atom. The number of aromatic carboxylic acids is 1. The Balaban J connectivity index is 1.64. The second kappa shape index (κ2) is 13.1. The van der Waals surface area contributed by atoms with Gasteiger partial charge in [0.05, 0.1) is 6.42 Å². The predicted octanol–water partition coefficient (Wildman–Crippen LogP) is 5.19. The zero-order chi connectivity index (χ0) is 32.9. The van der Waals surface area contributed by atoms with E-state index in [4.69, 9.17) is 0 Å². The molecular weight excluding hydrogens is 613 g/mol. The molecule has 4 rings (SSSR count). The first kappa shape index (κ1) is 32.6. The molecule has 0 fully saturated rings. The second-order valence-electron chi connectivity index (χ2n) is 9.64. The van der Waals surface area contributed by atoms with Gasteiger partial charge in [-0.05, 0) is 28.3 Å². The van der Waals surface area contributed by atoms with Crippen molar-refractivity contribution in [3.63, 3.8) is 0 Å². The lowest BCUT2D eigenvalue weighted by Gasteiger charge is -2.18. The summed E-state index contributed by atoms with van der Waals surface area (Å²) in [6, 6.07) is 13.1. The van der Waals surface area contributed by atoms with Crippen molar-refractivity contribution in [1.29, 1.82) is 0 Å². The van der Waals surface area contributed by atoms with E-state index in [1.165, 1.54) is 0 Å². The number of carbonyl (C=O) groups is 2. The van der Waals surface area contributed by atoms with E-state index >= 15 is 0 Å². The maximum Gasteiger partial charge on any atom is 0.459 e. The highest BCUT2D eigenvalue weighted by atomic mass is 19.4. The van der Waals surface area contributed by atoms with Crippen LogP contribution < -0.4 is 0 Å². The molecule has 2 heterocycles. The number of alkyl halides is 5. The fourth-order valence-corrected chi connectivity index (χ4v) is 4.40. The van der Waals surface area contributed by atoms with Crippen LogP contribution in [-0.2, 0) is 23.7 Å². The molecular formula is C27H24F5N7O6. The van der Waals surface area contributed by atoms with Gasteiger partial charge in [-0.2, -0.15) is 22.0 Å². The van der Waals surface area contributed by atoms with Crippen LogP contribution >= 0.6 is 0 Å². The van der Waals surface area contributed by atoms with Crippen molar-refractivity contribution >= 4 is 11.9 Å². The van der Waals surface area contributed by atoms with Gasteiger partial charge >= 0.3 is 18.1 Å². The summed E-state index contributed by atoms with van der Waals surface area (Å²) in [5.41, 5.74) is -1.08. The van der Waals surface area contributed by atoms with E-state index in [0.29, 0.717) is 39.9 Å². The van der Waals surface area contributed by atoms with Gasteiger partial charge in [-0.15, -0.1) is 20.3 Å². The number of benzene rings is 2. The Labute approximate surface area is 250 Å². The molecule has 0 amide bonds. The summed E-state index contributed by atoms with van der Waals surface area (Å²) in [5, 5.41) is 30.6. The third kappa shape index (κ3) is 7.10. The van der Waals surface area contributed by atoms with Crippen molar-refractivity contribution in [3.05, 3.63) is 81.4 Å². The molecule has 1 N–H and O–H groups in total. The van der Waals surface area contributed by atoms with Crippen molar-refractivity contribution < 1.29 is 46.6 Å². The maximum absolute atomic E-state index is 14.4. The molecule has 0 aliphatic carbocycles. The number of unbranched alkanes of at least 4 members (excludes halogenated alkanes) is 1. The minimum absolute atomic E-state index is 0.0187. The Kier molecular flexibility index (Phi) is 9.53. The average molecular weight is 638 g/mol. The number of halogens is 5. The van der Waals surface area contributed by atoms with Crippen LogP contribution in [-0.4, -0.2) is 64.6 Å². The molecule has 0 spiro atoms. The number of carboxylic acids is 1. The van der Waals surface area contributed by atoms with Gasteiger partial charge < -0.3 is 14.5 Å². The van der Waals surface area contributed by atoms with E-state index in [2.05, 4.69) is 25.2 Å². The number of hydrogen-bond donors (Lipinski definition) is 1. The van der Waals surface area contributed by atoms with Crippen LogP contribution in [0.25, 0.3) is 22.5 Å². The zero-order valence-electron chi connectivity index (χ0n) is 23.4. The van der Waals surface area contributed by atoms with Crippen LogP contribution in [0.4, 0.5) is 22.0 Å². The van der Waals surface area contributed by atoms with E-state index < -0.39 is 47.1 Å². The smallest absolute Gasteiger partial charge is 0.459 e. The van der Waals surface area contributed by atoms with Gasteiger partial charge in [-0.25, -0.2) is 9.78 Å².